The van der Waals surface area contributed by atoms with Crippen LogP contribution in [0.25, 0.3) is 0 Å². The molecule has 1 aromatic rings. The molecule has 1 aliphatic heterocycles. The third-order valence-corrected chi connectivity index (χ3v) is 3.11. The topological polar surface area (TPSA) is 52.6 Å². The van der Waals surface area contributed by atoms with E-state index in [0.29, 0.717) is 25.2 Å². The molecule has 1 saturated heterocycles. The zero-order valence-electron chi connectivity index (χ0n) is 10.7. The summed E-state index contributed by atoms with van der Waals surface area (Å²) < 4.78 is 37.1. The normalized spacial score (nSPS) is 20.1. The van der Waals surface area contributed by atoms with Crippen molar-refractivity contribution in [1.29, 1.82) is 0 Å². The van der Waals surface area contributed by atoms with Crippen molar-refractivity contribution in [3.8, 4) is 0 Å². The van der Waals surface area contributed by atoms with Gasteiger partial charge in [0.1, 0.15) is 0 Å². The molecule has 20 heavy (non-hydrogen) atoms. The Hall–Kier alpha value is -1.60. The number of halogens is 3. The third kappa shape index (κ3) is 3.94. The molecule has 4 nitrogen and oxygen atoms in total. The van der Waals surface area contributed by atoms with Crippen molar-refractivity contribution in [3.63, 3.8) is 0 Å². The Morgan fingerprint density at radius 2 is 2.00 bits per heavy atom. The Morgan fingerprint density at radius 1 is 1.35 bits per heavy atom. The van der Waals surface area contributed by atoms with Gasteiger partial charge in [-0.3, -0.25) is 9.69 Å². The van der Waals surface area contributed by atoms with Crippen molar-refractivity contribution in [1.82, 2.24) is 4.90 Å². The van der Waals surface area contributed by atoms with E-state index in [1.165, 1.54) is 12.1 Å². The van der Waals surface area contributed by atoms with Gasteiger partial charge in [-0.2, -0.15) is 13.2 Å². The van der Waals surface area contributed by atoms with E-state index in [4.69, 9.17) is 0 Å². The molecule has 110 valence electrons. The first-order chi connectivity index (χ1) is 9.34. The molecule has 1 fully saturated rings. The van der Waals surface area contributed by atoms with E-state index in [2.05, 4.69) is 5.32 Å². The van der Waals surface area contributed by atoms with E-state index in [0.717, 1.165) is 12.1 Å². The average molecular weight is 288 g/mol. The lowest BCUT2D eigenvalue weighted by atomic mass is 10.2. The molecule has 0 aliphatic carbocycles. The van der Waals surface area contributed by atoms with Crippen LogP contribution in [0.1, 0.15) is 12.0 Å². The number of aliphatic hydroxyl groups is 1. The van der Waals surface area contributed by atoms with Crippen LogP contribution in [0.5, 0.6) is 0 Å². The molecular formula is C13H15F3N2O2. The molecule has 2 rings (SSSR count). The van der Waals surface area contributed by atoms with Crippen LogP contribution in [-0.4, -0.2) is 41.7 Å². The summed E-state index contributed by atoms with van der Waals surface area (Å²) in [5.41, 5.74) is -0.430. The summed E-state index contributed by atoms with van der Waals surface area (Å²) in [6, 6.07) is 4.30. The number of benzene rings is 1. The predicted octanol–water partition coefficient (Wildman–Crippen LogP) is 1.71. The maximum absolute atomic E-state index is 12.4. The molecule has 0 aromatic heterocycles. The highest BCUT2D eigenvalue weighted by Gasteiger charge is 2.30. The van der Waals surface area contributed by atoms with Gasteiger partial charge < -0.3 is 10.4 Å². The fraction of sp³-hybridized carbons (Fsp3) is 0.462. The second-order valence-electron chi connectivity index (χ2n) is 4.80. The van der Waals surface area contributed by atoms with Crippen molar-refractivity contribution >= 4 is 11.6 Å². The number of likely N-dealkylation sites (tertiary alicyclic amines) is 1. The molecule has 0 unspecified atom stereocenters. The van der Waals surface area contributed by atoms with Crippen molar-refractivity contribution in [2.24, 2.45) is 0 Å². The van der Waals surface area contributed by atoms with E-state index >= 15 is 0 Å². The fourth-order valence-corrected chi connectivity index (χ4v) is 2.10. The van der Waals surface area contributed by atoms with Crippen molar-refractivity contribution in [2.75, 3.05) is 25.0 Å². The lowest BCUT2D eigenvalue weighted by Crippen LogP contribution is -2.32. The number of β-amino-alcohol motifs (C(OH)–C–C–N with tert-alkyl or cyclic N) is 1. The molecule has 1 atom stereocenters. The number of nitrogens with zero attached hydrogens (tertiary/aromatic N) is 1. The SMILES string of the molecule is O=C(CN1CC[C@H](O)C1)Nc1ccc(C(F)(F)F)cc1. The summed E-state index contributed by atoms with van der Waals surface area (Å²) in [7, 11) is 0. The van der Waals surface area contributed by atoms with Gasteiger partial charge in [0.2, 0.25) is 5.91 Å². The van der Waals surface area contributed by atoms with Gasteiger partial charge in [-0.25, -0.2) is 0 Å². The highest BCUT2D eigenvalue weighted by Crippen LogP contribution is 2.29. The van der Waals surface area contributed by atoms with Crippen LogP contribution in [0.2, 0.25) is 0 Å². The lowest BCUT2D eigenvalue weighted by molar-refractivity contribution is -0.137. The van der Waals surface area contributed by atoms with Crippen LogP contribution < -0.4 is 5.32 Å². The van der Waals surface area contributed by atoms with Crippen LogP contribution in [0.4, 0.5) is 18.9 Å². The maximum atomic E-state index is 12.4. The number of carbonyl (C=O) groups excluding carboxylic acids is 1. The van der Waals surface area contributed by atoms with E-state index in [9.17, 15) is 23.1 Å². The number of nitrogens with one attached hydrogen (secondary N) is 1. The molecule has 0 radical (unpaired) electrons. The highest BCUT2D eigenvalue weighted by atomic mass is 19.4. The van der Waals surface area contributed by atoms with Gasteiger partial charge in [0.25, 0.3) is 0 Å². The summed E-state index contributed by atoms with van der Waals surface area (Å²) in [6.45, 7) is 1.21. The van der Waals surface area contributed by atoms with E-state index in [-0.39, 0.29) is 12.5 Å². The van der Waals surface area contributed by atoms with Gasteiger partial charge >= 0.3 is 6.18 Å². The summed E-state index contributed by atoms with van der Waals surface area (Å²) in [6.07, 6.45) is -4.16. The minimum absolute atomic E-state index is 0.123. The minimum atomic E-state index is -4.38. The van der Waals surface area contributed by atoms with E-state index < -0.39 is 17.8 Å². The van der Waals surface area contributed by atoms with Gasteiger partial charge in [0.05, 0.1) is 18.2 Å². The molecule has 1 heterocycles. The fourth-order valence-electron chi connectivity index (χ4n) is 2.10. The number of hydrogen-bond donors (Lipinski definition) is 2. The Bertz CT molecular complexity index is 473. The standard InChI is InChI=1S/C13H15F3N2O2/c14-13(15,16)9-1-3-10(4-2-9)17-12(20)8-18-6-5-11(19)7-18/h1-4,11,19H,5-8H2,(H,17,20)/t11-/m0/s1. The Balaban J connectivity index is 1.88. The van der Waals surface area contributed by atoms with Crippen LogP contribution in [-0.2, 0) is 11.0 Å². The zero-order chi connectivity index (χ0) is 14.8. The summed E-state index contributed by atoms with van der Waals surface area (Å²) in [5, 5.41) is 11.9. The number of carbonyl (C=O) groups is 1. The first-order valence-electron chi connectivity index (χ1n) is 6.22. The van der Waals surface area contributed by atoms with Gasteiger partial charge in [0, 0.05) is 18.8 Å². The van der Waals surface area contributed by atoms with Crippen molar-refractivity contribution in [3.05, 3.63) is 29.8 Å². The molecule has 0 bridgehead atoms. The molecule has 7 heteroatoms. The first kappa shape index (κ1) is 14.8. The number of alkyl halides is 3. The lowest BCUT2D eigenvalue weighted by Gasteiger charge is -2.14. The monoisotopic (exact) mass is 288 g/mol. The van der Waals surface area contributed by atoms with Gasteiger partial charge in [-0.05, 0) is 30.7 Å². The Morgan fingerprint density at radius 3 is 2.50 bits per heavy atom. The molecule has 1 aromatic carbocycles. The number of amides is 1. The Labute approximate surface area is 114 Å². The molecule has 0 saturated carbocycles. The van der Waals surface area contributed by atoms with Crippen LogP contribution in [0, 0.1) is 0 Å². The van der Waals surface area contributed by atoms with Crippen LogP contribution in [0.15, 0.2) is 24.3 Å². The largest absolute Gasteiger partial charge is 0.416 e. The van der Waals surface area contributed by atoms with E-state index in [1.54, 1.807) is 4.90 Å². The maximum Gasteiger partial charge on any atom is 0.416 e. The number of hydrogen-bond acceptors (Lipinski definition) is 3. The molecule has 2 N–H and O–H groups in total. The summed E-state index contributed by atoms with van der Waals surface area (Å²) >= 11 is 0. The summed E-state index contributed by atoms with van der Waals surface area (Å²) in [4.78, 5) is 13.5. The first-order valence-corrected chi connectivity index (χ1v) is 6.22. The minimum Gasteiger partial charge on any atom is -0.392 e. The number of anilines is 1. The zero-order valence-corrected chi connectivity index (χ0v) is 10.7. The Kier molecular flexibility index (Phi) is 4.29. The van der Waals surface area contributed by atoms with Crippen molar-refractivity contribution in [2.45, 2.75) is 18.7 Å². The van der Waals surface area contributed by atoms with Gasteiger partial charge in [0.15, 0.2) is 0 Å². The third-order valence-electron chi connectivity index (χ3n) is 3.11. The second-order valence-corrected chi connectivity index (χ2v) is 4.80. The predicted molar refractivity (Wildman–Crippen MR) is 67.1 cm³/mol. The van der Waals surface area contributed by atoms with Crippen LogP contribution in [0.3, 0.4) is 0 Å². The quantitative estimate of drug-likeness (QED) is 0.890. The molecule has 0 spiro atoms. The molecule has 1 aliphatic rings. The second kappa shape index (κ2) is 5.80. The molecular weight excluding hydrogens is 273 g/mol. The number of rotatable bonds is 3. The van der Waals surface area contributed by atoms with Gasteiger partial charge in [-0.15, -0.1) is 0 Å². The molecule has 1 amide bonds. The average Bonchev–Trinajstić information content (AvgIpc) is 2.74. The smallest absolute Gasteiger partial charge is 0.392 e. The number of aliphatic hydroxyl groups excluding tert-OH is 1. The highest BCUT2D eigenvalue weighted by molar-refractivity contribution is 5.92. The van der Waals surface area contributed by atoms with E-state index in [1.807, 2.05) is 0 Å². The van der Waals surface area contributed by atoms with Crippen molar-refractivity contribution < 1.29 is 23.1 Å². The van der Waals surface area contributed by atoms with Crippen LogP contribution >= 0.6 is 0 Å². The van der Waals surface area contributed by atoms with Gasteiger partial charge in [-0.1, -0.05) is 0 Å². The summed E-state index contributed by atoms with van der Waals surface area (Å²) in [5.74, 6) is -0.307.